The quantitative estimate of drug-likeness (QED) is 0.869. The lowest BCUT2D eigenvalue weighted by molar-refractivity contribution is -0.165. The Morgan fingerprint density at radius 2 is 2.00 bits per heavy atom. The number of fused-ring (bicyclic) bond motifs is 1. The molecule has 2 aliphatic rings. The van der Waals surface area contributed by atoms with Crippen LogP contribution in [0.1, 0.15) is 50.2 Å². The summed E-state index contributed by atoms with van der Waals surface area (Å²) >= 11 is 0. The lowest BCUT2D eigenvalue weighted by Gasteiger charge is -2.39. The van der Waals surface area contributed by atoms with Crippen molar-refractivity contribution < 1.29 is 14.3 Å². The fraction of sp³-hybridized carbons (Fsp3) is 0.611. The molecule has 22 heavy (non-hydrogen) atoms. The molecule has 0 bridgehead atoms. The highest BCUT2D eigenvalue weighted by Crippen LogP contribution is 2.45. The van der Waals surface area contributed by atoms with Crippen LogP contribution in [0.2, 0.25) is 0 Å². The minimum atomic E-state index is -0.674. The summed E-state index contributed by atoms with van der Waals surface area (Å²) in [5.74, 6) is 0.173. The maximum absolute atomic E-state index is 12.5. The van der Waals surface area contributed by atoms with E-state index in [1.807, 2.05) is 30.3 Å². The van der Waals surface area contributed by atoms with Crippen molar-refractivity contribution >= 4 is 5.97 Å². The van der Waals surface area contributed by atoms with Crippen molar-refractivity contribution in [1.29, 1.82) is 0 Å². The fourth-order valence-electron chi connectivity index (χ4n) is 4.12. The molecule has 0 saturated heterocycles. The van der Waals surface area contributed by atoms with Crippen LogP contribution in [0.25, 0.3) is 0 Å². The first-order valence-corrected chi connectivity index (χ1v) is 8.22. The maximum atomic E-state index is 12.5. The molecule has 0 spiro atoms. The van der Waals surface area contributed by atoms with E-state index >= 15 is 0 Å². The van der Waals surface area contributed by atoms with E-state index < -0.39 is 6.10 Å². The largest absolute Gasteiger partial charge is 0.458 e. The summed E-state index contributed by atoms with van der Waals surface area (Å²) in [6.45, 7) is 0. The minimum Gasteiger partial charge on any atom is -0.458 e. The highest BCUT2D eigenvalue weighted by atomic mass is 16.6. The van der Waals surface area contributed by atoms with E-state index in [0.29, 0.717) is 5.92 Å². The number of carbonyl (C=O) groups is 1. The Labute approximate surface area is 132 Å². The molecule has 2 saturated carbocycles. The summed E-state index contributed by atoms with van der Waals surface area (Å²) in [6.07, 6.45) is 5.59. The van der Waals surface area contributed by atoms with Crippen molar-refractivity contribution in [3.8, 4) is 0 Å². The van der Waals surface area contributed by atoms with Gasteiger partial charge in [0.25, 0.3) is 0 Å². The molecule has 3 rings (SSSR count). The van der Waals surface area contributed by atoms with E-state index in [4.69, 9.17) is 15.2 Å². The van der Waals surface area contributed by atoms with E-state index in [1.165, 1.54) is 13.5 Å². The molecule has 0 unspecified atom stereocenters. The normalized spacial score (nSPS) is 32.3. The van der Waals surface area contributed by atoms with Crippen LogP contribution in [-0.2, 0) is 14.3 Å². The number of hydrogen-bond donors (Lipinski definition) is 1. The highest BCUT2D eigenvalue weighted by Gasteiger charge is 2.50. The highest BCUT2D eigenvalue weighted by molar-refractivity contribution is 5.76. The van der Waals surface area contributed by atoms with Crippen LogP contribution in [0.3, 0.4) is 0 Å². The maximum Gasteiger partial charge on any atom is 0.340 e. The average Bonchev–Trinajstić information content (AvgIpc) is 2.86. The zero-order valence-corrected chi connectivity index (χ0v) is 13.2. The molecule has 2 fully saturated rings. The van der Waals surface area contributed by atoms with Gasteiger partial charge >= 0.3 is 5.97 Å². The summed E-state index contributed by atoms with van der Waals surface area (Å²) in [5, 5.41) is 0. The predicted octanol–water partition coefficient (Wildman–Crippen LogP) is 2.97. The van der Waals surface area contributed by atoms with Crippen molar-refractivity contribution in [1.82, 2.24) is 0 Å². The van der Waals surface area contributed by atoms with Crippen molar-refractivity contribution in [3.05, 3.63) is 35.9 Å². The first kappa shape index (κ1) is 15.5. The van der Waals surface area contributed by atoms with Crippen molar-refractivity contribution in [3.63, 3.8) is 0 Å². The van der Waals surface area contributed by atoms with Crippen molar-refractivity contribution in [2.24, 2.45) is 11.7 Å². The van der Waals surface area contributed by atoms with E-state index in [9.17, 15) is 4.79 Å². The van der Waals surface area contributed by atoms with Gasteiger partial charge in [0.15, 0.2) is 6.10 Å². The lowest BCUT2D eigenvalue weighted by Crippen LogP contribution is -2.55. The number of carbonyl (C=O) groups excluding carboxylic acids is 1. The van der Waals surface area contributed by atoms with Crippen LogP contribution < -0.4 is 5.73 Å². The molecule has 2 N–H and O–H groups in total. The van der Waals surface area contributed by atoms with Gasteiger partial charge in [0.05, 0.1) is 5.54 Å². The van der Waals surface area contributed by atoms with E-state index in [1.54, 1.807) is 0 Å². The number of esters is 1. The van der Waals surface area contributed by atoms with Gasteiger partial charge in [0.1, 0.15) is 6.10 Å². The van der Waals surface area contributed by atoms with Gasteiger partial charge in [-0.2, -0.15) is 0 Å². The van der Waals surface area contributed by atoms with Crippen LogP contribution >= 0.6 is 0 Å². The second-order valence-electron chi connectivity index (χ2n) is 6.58. The Bertz CT molecular complexity index is 518. The van der Waals surface area contributed by atoms with Crippen molar-refractivity contribution in [2.45, 2.75) is 56.3 Å². The Morgan fingerprint density at radius 1 is 1.23 bits per heavy atom. The molecule has 0 heterocycles. The minimum absolute atomic E-state index is 0.174. The Morgan fingerprint density at radius 3 is 2.73 bits per heavy atom. The van der Waals surface area contributed by atoms with Gasteiger partial charge < -0.3 is 15.2 Å². The molecular formula is C18H25NO3. The summed E-state index contributed by atoms with van der Waals surface area (Å²) in [5.41, 5.74) is 7.11. The summed E-state index contributed by atoms with van der Waals surface area (Å²) < 4.78 is 11.2. The molecule has 2 aliphatic carbocycles. The van der Waals surface area contributed by atoms with Gasteiger partial charge in [0, 0.05) is 7.11 Å². The molecule has 4 heteroatoms. The van der Waals surface area contributed by atoms with Crippen molar-refractivity contribution in [2.75, 3.05) is 7.11 Å². The zero-order valence-electron chi connectivity index (χ0n) is 13.2. The summed E-state index contributed by atoms with van der Waals surface area (Å²) in [6, 6.07) is 9.47. The molecule has 4 atom stereocenters. The van der Waals surface area contributed by atoms with Crippen LogP contribution in [-0.4, -0.2) is 24.7 Å². The number of ether oxygens (including phenoxy) is 2. The number of hydrogen-bond acceptors (Lipinski definition) is 4. The molecule has 4 nitrogen and oxygen atoms in total. The number of nitrogens with two attached hydrogens (primary N) is 1. The topological polar surface area (TPSA) is 61.5 Å². The second-order valence-corrected chi connectivity index (χ2v) is 6.58. The van der Waals surface area contributed by atoms with Gasteiger partial charge in [-0.15, -0.1) is 0 Å². The van der Waals surface area contributed by atoms with Crippen LogP contribution in [0.4, 0.5) is 0 Å². The Balaban J connectivity index is 1.71. The third kappa shape index (κ3) is 2.77. The molecule has 1 aromatic rings. The van der Waals surface area contributed by atoms with Gasteiger partial charge in [-0.05, 0) is 37.2 Å². The number of rotatable bonds is 4. The standard InChI is InChI=1S/C18H25NO3/c1-21-16(13-7-3-2-4-8-13)17(20)22-15-11-10-14-9-5-6-12-18(14,15)19/h2-4,7-8,14-16H,5-6,9-12,19H2,1H3/t14-,15+,16-,18-/m0/s1. The van der Waals surface area contributed by atoms with Gasteiger partial charge in [0.2, 0.25) is 0 Å². The number of methoxy groups -OCH3 is 1. The fourth-order valence-corrected chi connectivity index (χ4v) is 4.12. The molecule has 0 aromatic heterocycles. The van der Waals surface area contributed by atoms with E-state index in [2.05, 4.69) is 0 Å². The molecular weight excluding hydrogens is 278 g/mol. The molecule has 0 amide bonds. The zero-order chi connectivity index (χ0) is 15.6. The Hall–Kier alpha value is -1.39. The lowest BCUT2D eigenvalue weighted by atomic mass is 9.75. The van der Waals surface area contributed by atoms with E-state index in [-0.39, 0.29) is 17.6 Å². The molecule has 1 aromatic carbocycles. The first-order chi connectivity index (χ1) is 10.6. The molecule has 0 radical (unpaired) electrons. The van der Waals surface area contributed by atoms with Crippen LogP contribution in [0.15, 0.2) is 30.3 Å². The second kappa shape index (κ2) is 6.39. The van der Waals surface area contributed by atoms with Gasteiger partial charge in [-0.3, -0.25) is 0 Å². The van der Waals surface area contributed by atoms with Crippen LogP contribution in [0.5, 0.6) is 0 Å². The average molecular weight is 303 g/mol. The predicted molar refractivity (Wildman–Crippen MR) is 84.2 cm³/mol. The SMILES string of the molecule is CO[C@H](C(=O)O[C@@H]1CC[C@@H]2CCCC[C@]21N)c1ccccc1. The number of benzene rings is 1. The smallest absolute Gasteiger partial charge is 0.340 e. The molecule has 0 aliphatic heterocycles. The van der Waals surface area contributed by atoms with Gasteiger partial charge in [-0.25, -0.2) is 4.79 Å². The monoisotopic (exact) mass is 303 g/mol. The first-order valence-electron chi connectivity index (χ1n) is 8.22. The van der Waals surface area contributed by atoms with Gasteiger partial charge in [-0.1, -0.05) is 43.2 Å². The van der Waals surface area contributed by atoms with Crippen LogP contribution in [0, 0.1) is 5.92 Å². The molecule has 120 valence electrons. The summed E-state index contributed by atoms with van der Waals surface area (Å²) in [7, 11) is 1.54. The third-order valence-electron chi connectivity index (χ3n) is 5.36. The van der Waals surface area contributed by atoms with E-state index in [0.717, 1.165) is 37.7 Å². The summed E-state index contributed by atoms with van der Waals surface area (Å²) in [4.78, 5) is 12.5. The third-order valence-corrected chi connectivity index (χ3v) is 5.36. The Kier molecular flexibility index (Phi) is 4.50.